The Morgan fingerprint density at radius 2 is 2.11 bits per heavy atom. The number of carbonyl (C=O) groups is 2. The van der Waals surface area contributed by atoms with Gasteiger partial charge in [0.15, 0.2) is 16.6 Å². The predicted molar refractivity (Wildman–Crippen MR) is 101 cm³/mol. The Hall–Kier alpha value is -3.40. The largest absolute Gasteiger partial charge is 0.454 e. The van der Waals surface area contributed by atoms with Crippen molar-refractivity contribution in [3.05, 3.63) is 40.5 Å². The number of aryl methyl sites for hydroxylation is 1. The quantitative estimate of drug-likeness (QED) is 0.623. The van der Waals surface area contributed by atoms with E-state index in [0.717, 1.165) is 17.7 Å². The molecule has 3 aromatic rings. The highest BCUT2D eigenvalue weighted by Crippen LogP contribution is 2.35. The molecule has 10 heteroatoms. The summed E-state index contributed by atoms with van der Waals surface area (Å²) in [7, 11) is 0. The number of thiazole rings is 1. The summed E-state index contributed by atoms with van der Waals surface area (Å²) in [5.74, 6) is 0.819. The van der Waals surface area contributed by atoms with E-state index in [1.807, 2.05) is 12.1 Å². The fraction of sp³-hybridized carbons (Fsp3) is 0.222. The molecular formula is C18H15N5O4S. The molecule has 2 aliphatic rings. The molecule has 9 nitrogen and oxygen atoms in total. The molecule has 1 aromatic carbocycles. The number of aromatic nitrogens is 3. The molecule has 4 heterocycles. The van der Waals surface area contributed by atoms with Crippen LogP contribution in [0.1, 0.15) is 32.3 Å². The van der Waals surface area contributed by atoms with Crippen molar-refractivity contribution in [2.24, 2.45) is 0 Å². The van der Waals surface area contributed by atoms with E-state index in [-0.39, 0.29) is 18.6 Å². The molecule has 28 heavy (non-hydrogen) atoms. The molecule has 0 fully saturated rings. The number of carbonyl (C=O) groups excluding carboxylic acids is 2. The van der Waals surface area contributed by atoms with Gasteiger partial charge in [-0.15, -0.1) is 0 Å². The van der Waals surface area contributed by atoms with Crippen molar-refractivity contribution in [1.29, 1.82) is 0 Å². The van der Waals surface area contributed by atoms with Crippen molar-refractivity contribution in [3.8, 4) is 22.8 Å². The van der Waals surface area contributed by atoms with E-state index in [1.54, 1.807) is 12.1 Å². The first-order valence-corrected chi connectivity index (χ1v) is 9.54. The third-order valence-electron chi connectivity index (χ3n) is 4.49. The minimum Gasteiger partial charge on any atom is -0.454 e. The second-order valence-corrected chi connectivity index (χ2v) is 7.34. The van der Waals surface area contributed by atoms with Crippen LogP contribution in [0.15, 0.2) is 24.3 Å². The molecule has 0 aliphatic carbocycles. The van der Waals surface area contributed by atoms with Crippen molar-refractivity contribution in [2.45, 2.75) is 12.8 Å². The van der Waals surface area contributed by atoms with Crippen LogP contribution in [0.3, 0.4) is 0 Å². The Kier molecular flexibility index (Phi) is 3.97. The van der Waals surface area contributed by atoms with Crippen molar-refractivity contribution in [3.63, 3.8) is 0 Å². The van der Waals surface area contributed by atoms with Gasteiger partial charge in [-0.05, 0) is 37.1 Å². The van der Waals surface area contributed by atoms with Crippen LogP contribution in [0.4, 0.5) is 5.13 Å². The minimum absolute atomic E-state index is 0.142. The zero-order valence-corrected chi connectivity index (χ0v) is 15.4. The summed E-state index contributed by atoms with van der Waals surface area (Å²) >= 11 is 1.18. The van der Waals surface area contributed by atoms with Crippen LogP contribution in [-0.2, 0) is 6.42 Å². The number of ether oxygens (including phenoxy) is 2. The highest BCUT2D eigenvalue weighted by atomic mass is 32.1. The molecule has 0 saturated carbocycles. The topological polar surface area (TPSA) is 118 Å². The number of H-pyrrole nitrogens is 1. The second-order valence-electron chi connectivity index (χ2n) is 6.34. The summed E-state index contributed by atoms with van der Waals surface area (Å²) in [5, 5.41) is 12.9. The van der Waals surface area contributed by atoms with E-state index in [9.17, 15) is 9.59 Å². The normalized spacial score (nSPS) is 14.9. The van der Waals surface area contributed by atoms with Gasteiger partial charge in [0.1, 0.15) is 10.6 Å². The third kappa shape index (κ3) is 2.97. The average Bonchev–Trinajstić information content (AvgIpc) is 3.41. The van der Waals surface area contributed by atoms with Crippen molar-refractivity contribution in [2.75, 3.05) is 18.7 Å². The summed E-state index contributed by atoms with van der Waals surface area (Å²) in [5.41, 5.74) is 2.43. The molecule has 0 saturated heterocycles. The molecular weight excluding hydrogens is 382 g/mol. The van der Waals surface area contributed by atoms with Crippen molar-refractivity contribution >= 4 is 28.3 Å². The molecule has 142 valence electrons. The number of nitrogens with one attached hydrogen (secondary N) is 3. The van der Waals surface area contributed by atoms with Crippen LogP contribution in [0, 0.1) is 0 Å². The van der Waals surface area contributed by atoms with Crippen LogP contribution >= 0.6 is 11.3 Å². The van der Waals surface area contributed by atoms with Gasteiger partial charge in [-0.3, -0.25) is 20.0 Å². The van der Waals surface area contributed by atoms with Gasteiger partial charge in [0.2, 0.25) is 6.79 Å². The maximum atomic E-state index is 12.5. The van der Waals surface area contributed by atoms with E-state index >= 15 is 0 Å². The van der Waals surface area contributed by atoms with Gasteiger partial charge in [0.25, 0.3) is 11.8 Å². The maximum Gasteiger partial charge on any atom is 0.275 e. The van der Waals surface area contributed by atoms with Gasteiger partial charge in [-0.25, -0.2) is 4.98 Å². The summed E-state index contributed by atoms with van der Waals surface area (Å²) < 4.78 is 10.7. The molecule has 0 unspecified atom stereocenters. The first kappa shape index (κ1) is 16.8. The molecule has 5 rings (SSSR count). The summed E-state index contributed by atoms with van der Waals surface area (Å²) in [4.78, 5) is 29.5. The SMILES string of the molecule is O=C(Nc1nc2c(s1)C(=O)NCCC2)c1cc(-c2ccc3c(c2)OCO3)n[nH]1. The van der Waals surface area contributed by atoms with Crippen LogP contribution < -0.4 is 20.1 Å². The Balaban J connectivity index is 1.34. The zero-order valence-electron chi connectivity index (χ0n) is 14.6. The molecule has 2 aromatic heterocycles. The van der Waals surface area contributed by atoms with Crippen LogP contribution in [0.5, 0.6) is 11.5 Å². The molecule has 2 amide bonds. The fourth-order valence-electron chi connectivity index (χ4n) is 3.10. The second kappa shape index (κ2) is 6.64. The van der Waals surface area contributed by atoms with Gasteiger partial charge in [0.05, 0.1) is 11.4 Å². The smallest absolute Gasteiger partial charge is 0.275 e. The lowest BCUT2D eigenvalue weighted by atomic mass is 10.1. The standard InChI is InChI=1S/C18H15N5O4S/c24-16(21-18-20-10-2-1-5-19-17(25)15(10)28-18)12-7-11(22-23-12)9-3-4-13-14(6-9)27-8-26-13/h3-4,6-7H,1-2,5,8H2,(H,19,25)(H,22,23)(H,20,21,24). The molecule has 3 N–H and O–H groups in total. The van der Waals surface area contributed by atoms with E-state index in [1.165, 1.54) is 11.3 Å². The lowest BCUT2D eigenvalue weighted by Gasteiger charge is -1.99. The Morgan fingerprint density at radius 3 is 3.04 bits per heavy atom. The fourth-order valence-corrected chi connectivity index (χ4v) is 4.02. The number of amides is 2. The van der Waals surface area contributed by atoms with E-state index in [4.69, 9.17) is 9.47 Å². The van der Waals surface area contributed by atoms with Crippen LogP contribution in [0.2, 0.25) is 0 Å². The molecule has 0 spiro atoms. The Labute approximate surface area is 163 Å². The molecule has 0 radical (unpaired) electrons. The van der Waals surface area contributed by atoms with Crippen LogP contribution in [-0.4, -0.2) is 40.3 Å². The van der Waals surface area contributed by atoms with E-state index < -0.39 is 0 Å². The number of fused-ring (bicyclic) bond motifs is 2. The van der Waals surface area contributed by atoms with Gasteiger partial charge in [-0.2, -0.15) is 5.10 Å². The van der Waals surface area contributed by atoms with Gasteiger partial charge in [-0.1, -0.05) is 11.3 Å². The molecule has 2 aliphatic heterocycles. The summed E-state index contributed by atoms with van der Waals surface area (Å²) in [6.07, 6.45) is 1.54. The van der Waals surface area contributed by atoms with Gasteiger partial charge < -0.3 is 14.8 Å². The minimum atomic E-state index is -0.371. The molecule has 0 bridgehead atoms. The number of anilines is 1. The first-order valence-electron chi connectivity index (χ1n) is 8.72. The van der Waals surface area contributed by atoms with E-state index in [2.05, 4.69) is 25.8 Å². The Bertz CT molecular complexity index is 1090. The number of nitrogens with zero attached hydrogens (tertiary/aromatic N) is 2. The lowest BCUT2D eigenvalue weighted by Crippen LogP contribution is -2.21. The average molecular weight is 397 g/mol. The number of hydrogen-bond donors (Lipinski definition) is 3. The molecule has 0 atom stereocenters. The van der Waals surface area contributed by atoms with Crippen molar-refractivity contribution < 1.29 is 19.1 Å². The Morgan fingerprint density at radius 1 is 1.21 bits per heavy atom. The number of aromatic amines is 1. The highest BCUT2D eigenvalue weighted by Gasteiger charge is 2.22. The first-order chi connectivity index (χ1) is 13.7. The zero-order chi connectivity index (χ0) is 19.1. The predicted octanol–water partition coefficient (Wildman–Crippen LogP) is 2.19. The summed E-state index contributed by atoms with van der Waals surface area (Å²) in [6, 6.07) is 7.12. The van der Waals surface area contributed by atoms with Crippen molar-refractivity contribution in [1.82, 2.24) is 20.5 Å². The van der Waals surface area contributed by atoms with E-state index in [0.29, 0.717) is 45.9 Å². The third-order valence-corrected chi connectivity index (χ3v) is 5.50. The number of rotatable bonds is 3. The summed E-state index contributed by atoms with van der Waals surface area (Å²) in [6.45, 7) is 0.837. The number of benzene rings is 1. The van der Waals surface area contributed by atoms with Crippen LogP contribution in [0.25, 0.3) is 11.3 Å². The lowest BCUT2D eigenvalue weighted by molar-refractivity contribution is 0.0958. The van der Waals surface area contributed by atoms with Gasteiger partial charge >= 0.3 is 0 Å². The monoisotopic (exact) mass is 397 g/mol. The number of hydrogen-bond acceptors (Lipinski definition) is 7. The maximum absolute atomic E-state index is 12.5. The highest BCUT2D eigenvalue weighted by molar-refractivity contribution is 7.17. The van der Waals surface area contributed by atoms with Gasteiger partial charge in [0, 0.05) is 12.1 Å².